The molecule has 0 saturated carbocycles. The molecule has 0 aliphatic carbocycles. The highest BCUT2D eigenvalue weighted by atomic mass is 35.5. The Labute approximate surface area is 319 Å². The van der Waals surface area contributed by atoms with E-state index in [0.29, 0.717) is 69.2 Å². The third-order valence-corrected chi connectivity index (χ3v) is 8.57. The zero-order chi connectivity index (χ0) is 38.6. The predicted molar refractivity (Wildman–Crippen MR) is 212 cm³/mol. The molecule has 8 rings (SSSR count). The molecule has 0 aliphatic heterocycles. The van der Waals surface area contributed by atoms with Crippen molar-refractivity contribution in [3.8, 4) is 17.4 Å². The number of aryl methyl sites for hydroxylation is 2. The van der Waals surface area contributed by atoms with Crippen LogP contribution in [0.25, 0.3) is 33.7 Å². The number of nitrogens with two attached hydrogens (primary N) is 2. The van der Waals surface area contributed by atoms with E-state index in [4.69, 9.17) is 27.8 Å². The Balaban J connectivity index is 0.000000169. The lowest BCUT2D eigenvalue weighted by Gasteiger charge is -2.11. The van der Waals surface area contributed by atoms with E-state index in [2.05, 4.69) is 40.5 Å². The molecule has 278 valence electrons. The van der Waals surface area contributed by atoms with Crippen LogP contribution in [-0.4, -0.2) is 46.1 Å². The minimum absolute atomic E-state index is 0.282. The number of benzene rings is 4. The third kappa shape index (κ3) is 8.06. The summed E-state index contributed by atoms with van der Waals surface area (Å²) in [6.45, 7) is 3.96. The number of anilines is 6. The van der Waals surface area contributed by atoms with Gasteiger partial charge >= 0.3 is 0 Å². The molecule has 0 aliphatic rings. The second-order valence-corrected chi connectivity index (χ2v) is 12.6. The first-order chi connectivity index (χ1) is 26.6. The molecule has 13 nitrogen and oxygen atoms in total. The van der Waals surface area contributed by atoms with Gasteiger partial charge in [0, 0.05) is 59.6 Å². The number of aromatic nitrogens is 8. The summed E-state index contributed by atoms with van der Waals surface area (Å²) in [5, 5.41) is 6.81. The molecule has 4 aromatic carbocycles. The molecular weight excluding hydrogens is 726 g/mol. The van der Waals surface area contributed by atoms with Crippen LogP contribution in [-0.2, 0) is 12.8 Å². The van der Waals surface area contributed by atoms with E-state index < -0.39 is 0 Å². The highest BCUT2D eigenvalue weighted by Crippen LogP contribution is 2.27. The summed E-state index contributed by atoms with van der Waals surface area (Å²) >= 11 is 6.02. The average molecular weight is 761 g/mol. The fraction of sp³-hybridized carbons (Fsp3) is 0.128. The number of nitrogens with zero attached hydrogens (tertiary/aromatic N) is 8. The number of imidazole rings is 2. The van der Waals surface area contributed by atoms with Gasteiger partial charge in [-0.15, -0.1) is 0 Å². The number of ether oxygens (including phenoxy) is 1. The van der Waals surface area contributed by atoms with E-state index in [1.165, 1.54) is 24.3 Å². The summed E-state index contributed by atoms with van der Waals surface area (Å²) in [7, 11) is 1.60. The summed E-state index contributed by atoms with van der Waals surface area (Å²) in [5.41, 5.74) is 16.1. The summed E-state index contributed by atoms with van der Waals surface area (Å²) in [6.07, 6.45) is 1.30. The van der Waals surface area contributed by atoms with E-state index in [9.17, 15) is 8.78 Å². The molecule has 16 heteroatoms. The smallest absolute Gasteiger partial charge is 0.231 e. The van der Waals surface area contributed by atoms with Crippen LogP contribution in [0.4, 0.5) is 43.7 Å². The highest BCUT2D eigenvalue weighted by Gasteiger charge is 2.17. The Morgan fingerprint density at radius 1 is 0.618 bits per heavy atom. The molecule has 8 aromatic rings. The zero-order valence-corrected chi connectivity index (χ0v) is 30.7. The van der Waals surface area contributed by atoms with Crippen molar-refractivity contribution >= 4 is 68.6 Å². The third-order valence-electron chi connectivity index (χ3n) is 8.33. The Morgan fingerprint density at radius 2 is 1.11 bits per heavy atom. The van der Waals surface area contributed by atoms with Gasteiger partial charge in [0.15, 0.2) is 0 Å². The standard InChI is InChI=1S/C20H19FN6O.C19H16ClFN6/c1-3-18-24-15-8-7-12(21)9-16(15)27(18)19-11-17(22)25-20(26-19)23-13-5-4-6-14(10-13)28-2;1-2-17-24-14-7-6-12(21)9-15(14)27(17)18-10-16(22)25-19(26-18)23-13-5-3-4-11(20)8-13/h4-11H,3H2,1-2H3,(H3,22,23,25,26);3-10H,2H2,1H3,(H3,22,23,25,26). The average Bonchev–Trinajstić information content (AvgIpc) is 3.72. The van der Waals surface area contributed by atoms with E-state index in [1.807, 2.05) is 50.2 Å². The first-order valence-electron chi connectivity index (χ1n) is 17.2. The Kier molecular flexibility index (Phi) is 10.4. The SMILES string of the molecule is CCc1nc2ccc(F)cc2n1-c1cc(N)nc(Nc2cccc(Cl)c2)n1.CCc1nc2ccc(F)cc2n1-c1cc(N)nc(Nc2cccc(OC)c2)n1. The topological polar surface area (TPSA) is 173 Å². The monoisotopic (exact) mass is 760 g/mol. The van der Waals surface area contributed by atoms with Gasteiger partial charge in [-0.3, -0.25) is 9.13 Å². The van der Waals surface area contributed by atoms with Crippen molar-refractivity contribution in [2.45, 2.75) is 26.7 Å². The molecule has 4 heterocycles. The highest BCUT2D eigenvalue weighted by molar-refractivity contribution is 6.30. The second-order valence-electron chi connectivity index (χ2n) is 12.1. The molecule has 0 unspecified atom stereocenters. The van der Waals surface area contributed by atoms with Gasteiger partial charge in [-0.05, 0) is 54.6 Å². The molecule has 0 amide bonds. The van der Waals surface area contributed by atoms with E-state index in [0.717, 1.165) is 23.0 Å². The number of nitrogen functional groups attached to an aromatic ring is 2. The van der Waals surface area contributed by atoms with Crippen LogP contribution in [0.5, 0.6) is 5.75 Å². The molecule has 0 bridgehead atoms. The van der Waals surface area contributed by atoms with Crippen LogP contribution in [0, 0.1) is 11.6 Å². The van der Waals surface area contributed by atoms with Gasteiger partial charge in [0.05, 0.1) is 29.2 Å². The number of methoxy groups -OCH3 is 1. The van der Waals surface area contributed by atoms with Crippen molar-refractivity contribution in [3.63, 3.8) is 0 Å². The quantitative estimate of drug-likeness (QED) is 0.111. The largest absolute Gasteiger partial charge is 0.497 e. The number of hydrogen-bond donors (Lipinski definition) is 4. The minimum atomic E-state index is -0.342. The Hall–Kier alpha value is -6.87. The number of nitrogens with one attached hydrogen (secondary N) is 2. The van der Waals surface area contributed by atoms with Gasteiger partial charge in [-0.25, -0.2) is 18.7 Å². The van der Waals surface area contributed by atoms with Gasteiger partial charge in [0.2, 0.25) is 11.9 Å². The van der Waals surface area contributed by atoms with Crippen molar-refractivity contribution in [3.05, 3.63) is 125 Å². The van der Waals surface area contributed by atoms with Gasteiger partial charge in [-0.1, -0.05) is 37.6 Å². The first-order valence-corrected chi connectivity index (χ1v) is 17.6. The summed E-state index contributed by atoms with van der Waals surface area (Å²) < 4.78 is 36.5. The lowest BCUT2D eigenvalue weighted by Crippen LogP contribution is -2.08. The van der Waals surface area contributed by atoms with Crippen molar-refractivity contribution in [2.75, 3.05) is 29.2 Å². The molecular formula is C39H35ClF2N12O. The molecule has 4 aromatic heterocycles. The van der Waals surface area contributed by atoms with E-state index in [-0.39, 0.29) is 23.3 Å². The fourth-order valence-corrected chi connectivity index (χ4v) is 6.14. The normalized spacial score (nSPS) is 11.0. The van der Waals surface area contributed by atoms with Crippen LogP contribution in [0.3, 0.4) is 0 Å². The molecule has 0 saturated heterocycles. The minimum Gasteiger partial charge on any atom is -0.497 e. The molecule has 0 atom stereocenters. The van der Waals surface area contributed by atoms with Crippen molar-refractivity contribution < 1.29 is 13.5 Å². The number of halogens is 3. The van der Waals surface area contributed by atoms with Crippen LogP contribution in [0.15, 0.2) is 97.1 Å². The number of rotatable bonds is 9. The van der Waals surface area contributed by atoms with Crippen LogP contribution >= 0.6 is 11.6 Å². The lowest BCUT2D eigenvalue weighted by atomic mass is 10.3. The summed E-state index contributed by atoms with van der Waals surface area (Å²) in [5.74, 6) is 3.77. The van der Waals surface area contributed by atoms with Gasteiger partial charge in [-0.2, -0.15) is 19.9 Å². The van der Waals surface area contributed by atoms with Gasteiger partial charge < -0.3 is 26.8 Å². The van der Waals surface area contributed by atoms with Gasteiger partial charge in [0.1, 0.15) is 52.3 Å². The van der Waals surface area contributed by atoms with Crippen molar-refractivity contribution in [1.82, 2.24) is 39.0 Å². The lowest BCUT2D eigenvalue weighted by molar-refractivity contribution is 0.415. The Bertz CT molecular complexity index is 2660. The summed E-state index contributed by atoms with van der Waals surface area (Å²) in [4.78, 5) is 26.7. The number of fused-ring (bicyclic) bond motifs is 2. The Morgan fingerprint density at radius 3 is 1.58 bits per heavy atom. The summed E-state index contributed by atoms with van der Waals surface area (Å²) in [6, 6.07) is 26.8. The molecule has 0 radical (unpaired) electrons. The maximum absolute atomic E-state index is 13.8. The maximum Gasteiger partial charge on any atom is 0.231 e. The van der Waals surface area contributed by atoms with Crippen LogP contribution in [0.1, 0.15) is 25.5 Å². The first kappa shape index (κ1) is 36.5. The molecule has 6 N–H and O–H groups in total. The second kappa shape index (κ2) is 15.6. The molecule has 0 spiro atoms. The maximum atomic E-state index is 13.8. The van der Waals surface area contributed by atoms with Crippen molar-refractivity contribution in [1.29, 1.82) is 0 Å². The van der Waals surface area contributed by atoms with Crippen molar-refractivity contribution in [2.24, 2.45) is 0 Å². The number of hydrogen-bond acceptors (Lipinski definition) is 11. The van der Waals surface area contributed by atoms with Crippen LogP contribution in [0.2, 0.25) is 5.02 Å². The van der Waals surface area contributed by atoms with Gasteiger partial charge in [0.25, 0.3) is 0 Å². The molecule has 0 fully saturated rings. The van der Waals surface area contributed by atoms with E-state index >= 15 is 0 Å². The predicted octanol–water partition coefficient (Wildman–Crippen LogP) is 8.35. The fourth-order valence-electron chi connectivity index (χ4n) is 5.95. The van der Waals surface area contributed by atoms with E-state index in [1.54, 1.807) is 52.6 Å². The van der Waals surface area contributed by atoms with Crippen LogP contribution < -0.4 is 26.8 Å². The molecule has 55 heavy (non-hydrogen) atoms. The zero-order valence-electron chi connectivity index (χ0n) is 29.9.